The molecular weight excluding hydrogens is 210 g/mol. The Kier molecular flexibility index (Phi) is 3.37. The number of nitrogens with one attached hydrogen (secondary N) is 1. The van der Waals surface area contributed by atoms with E-state index in [1.807, 2.05) is 43.3 Å². The van der Waals surface area contributed by atoms with Gasteiger partial charge in [-0.3, -0.25) is 0 Å². The van der Waals surface area contributed by atoms with Crippen molar-refractivity contribution in [2.24, 2.45) is 0 Å². The van der Waals surface area contributed by atoms with Gasteiger partial charge in [0.15, 0.2) is 5.82 Å². The van der Waals surface area contributed by atoms with Crippen molar-refractivity contribution < 1.29 is 0 Å². The predicted octanol–water partition coefficient (Wildman–Crippen LogP) is 2.50. The molecule has 84 valence electrons. The lowest BCUT2D eigenvalue weighted by atomic mass is 10.1. The predicted molar refractivity (Wildman–Crippen MR) is 69.5 cm³/mol. The van der Waals surface area contributed by atoms with Gasteiger partial charge in [0, 0.05) is 5.56 Å². The van der Waals surface area contributed by atoms with Gasteiger partial charge in [-0.25, -0.2) is 0 Å². The first kappa shape index (κ1) is 11.2. The fourth-order valence-electron chi connectivity index (χ4n) is 1.54. The summed E-state index contributed by atoms with van der Waals surface area (Å²) in [7, 11) is 0. The Morgan fingerprint density at radius 2 is 2.00 bits per heavy atom. The normalized spacial score (nSPS) is 9.65. The Labute approximate surface area is 101 Å². The van der Waals surface area contributed by atoms with Crippen molar-refractivity contribution >= 4 is 5.82 Å². The molecule has 0 fully saturated rings. The number of hydrogen-bond acceptors (Lipinski definition) is 3. The highest BCUT2D eigenvalue weighted by atomic mass is 15.2. The van der Waals surface area contributed by atoms with E-state index in [0.717, 1.165) is 22.6 Å². The molecule has 1 aromatic carbocycles. The van der Waals surface area contributed by atoms with Gasteiger partial charge in [0.1, 0.15) is 0 Å². The average Bonchev–Trinajstić information content (AvgIpc) is 2.38. The zero-order chi connectivity index (χ0) is 12.1. The molecule has 1 heterocycles. The van der Waals surface area contributed by atoms with E-state index >= 15 is 0 Å². The number of nitrogens with zero attached hydrogens (tertiary/aromatic N) is 2. The summed E-state index contributed by atoms with van der Waals surface area (Å²) in [5, 5.41) is 11.3. The molecule has 0 unspecified atom stereocenters. The first-order valence-electron chi connectivity index (χ1n) is 5.38. The van der Waals surface area contributed by atoms with Crippen molar-refractivity contribution in [2.75, 3.05) is 11.9 Å². The molecule has 2 aromatic rings. The summed E-state index contributed by atoms with van der Waals surface area (Å²) in [5.41, 5.74) is 2.97. The second kappa shape index (κ2) is 5.13. The van der Waals surface area contributed by atoms with E-state index in [1.165, 1.54) is 0 Å². The Hall–Kier alpha value is -2.34. The number of hydrogen-bond donors (Lipinski definition) is 1. The van der Waals surface area contributed by atoms with E-state index < -0.39 is 0 Å². The maximum absolute atomic E-state index is 5.19. The van der Waals surface area contributed by atoms with Crippen LogP contribution in [-0.4, -0.2) is 16.7 Å². The largest absolute Gasteiger partial charge is 0.357 e. The van der Waals surface area contributed by atoms with Gasteiger partial charge in [-0.15, -0.1) is 16.6 Å². The van der Waals surface area contributed by atoms with Crippen LogP contribution in [0, 0.1) is 19.3 Å². The number of anilines is 1. The van der Waals surface area contributed by atoms with Crippen LogP contribution in [0.15, 0.2) is 36.4 Å². The van der Waals surface area contributed by atoms with Crippen LogP contribution >= 0.6 is 0 Å². The van der Waals surface area contributed by atoms with Gasteiger partial charge in [-0.05, 0) is 18.6 Å². The topological polar surface area (TPSA) is 37.8 Å². The molecule has 0 spiro atoms. The average molecular weight is 223 g/mol. The zero-order valence-electron chi connectivity index (χ0n) is 9.64. The molecule has 17 heavy (non-hydrogen) atoms. The van der Waals surface area contributed by atoms with E-state index in [0.29, 0.717) is 6.54 Å². The molecule has 0 bridgehead atoms. The molecule has 0 saturated heterocycles. The fourth-order valence-corrected chi connectivity index (χ4v) is 1.54. The molecule has 0 radical (unpaired) electrons. The van der Waals surface area contributed by atoms with Crippen LogP contribution in [0.2, 0.25) is 0 Å². The van der Waals surface area contributed by atoms with Crippen molar-refractivity contribution in [1.29, 1.82) is 0 Å². The molecule has 0 aliphatic rings. The van der Waals surface area contributed by atoms with Crippen LogP contribution in [0.5, 0.6) is 0 Å². The van der Waals surface area contributed by atoms with E-state index in [9.17, 15) is 0 Å². The Morgan fingerprint density at radius 1 is 1.24 bits per heavy atom. The van der Waals surface area contributed by atoms with Gasteiger partial charge >= 0.3 is 0 Å². The van der Waals surface area contributed by atoms with Crippen LogP contribution in [0.4, 0.5) is 5.82 Å². The highest BCUT2D eigenvalue weighted by Gasteiger charge is 2.04. The van der Waals surface area contributed by atoms with Crippen molar-refractivity contribution in [3.05, 3.63) is 42.0 Å². The summed E-state index contributed by atoms with van der Waals surface area (Å²) in [4.78, 5) is 0. The van der Waals surface area contributed by atoms with E-state index in [1.54, 1.807) is 0 Å². The van der Waals surface area contributed by atoms with Crippen LogP contribution in [0.1, 0.15) is 5.56 Å². The molecular formula is C14H13N3. The number of aromatic nitrogens is 2. The molecule has 0 aliphatic carbocycles. The Morgan fingerprint density at radius 3 is 2.65 bits per heavy atom. The molecule has 3 nitrogen and oxygen atoms in total. The SMILES string of the molecule is C#CCNc1nnc(-c2ccccc2)cc1C. The monoisotopic (exact) mass is 223 g/mol. The number of rotatable bonds is 3. The van der Waals surface area contributed by atoms with E-state index in [4.69, 9.17) is 6.42 Å². The van der Waals surface area contributed by atoms with Crippen LogP contribution in [0.25, 0.3) is 11.3 Å². The standard InChI is InChI=1S/C14H13N3/c1-3-9-15-14-11(2)10-13(16-17-14)12-7-5-4-6-8-12/h1,4-8,10H,9H2,2H3,(H,15,17). The third kappa shape index (κ3) is 2.61. The summed E-state index contributed by atoms with van der Waals surface area (Å²) < 4.78 is 0. The highest BCUT2D eigenvalue weighted by Crippen LogP contribution is 2.19. The van der Waals surface area contributed by atoms with Gasteiger partial charge in [0.05, 0.1) is 12.2 Å². The first-order chi connectivity index (χ1) is 8.31. The molecule has 2 rings (SSSR count). The molecule has 0 saturated carbocycles. The maximum atomic E-state index is 5.19. The van der Waals surface area contributed by atoms with Crippen molar-refractivity contribution in [1.82, 2.24) is 10.2 Å². The lowest BCUT2D eigenvalue weighted by Crippen LogP contribution is -2.04. The van der Waals surface area contributed by atoms with Gasteiger partial charge in [0.25, 0.3) is 0 Å². The lowest BCUT2D eigenvalue weighted by molar-refractivity contribution is 1.02. The summed E-state index contributed by atoms with van der Waals surface area (Å²) in [6.07, 6.45) is 5.19. The summed E-state index contributed by atoms with van der Waals surface area (Å²) in [6.45, 7) is 2.44. The maximum Gasteiger partial charge on any atom is 0.152 e. The van der Waals surface area contributed by atoms with E-state index in [-0.39, 0.29) is 0 Å². The van der Waals surface area contributed by atoms with E-state index in [2.05, 4.69) is 21.4 Å². The van der Waals surface area contributed by atoms with Gasteiger partial charge < -0.3 is 5.32 Å². The third-order valence-corrected chi connectivity index (χ3v) is 2.41. The Balaban J connectivity index is 2.29. The van der Waals surface area contributed by atoms with Crippen molar-refractivity contribution in [3.8, 4) is 23.6 Å². The quantitative estimate of drug-likeness (QED) is 0.812. The van der Waals surface area contributed by atoms with Crippen molar-refractivity contribution in [2.45, 2.75) is 6.92 Å². The highest BCUT2D eigenvalue weighted by molar-refractivity contribution is 5.61. The lowest BCUT2D eigenvalue weighted by Gasteiger charge is -2.06. The van der Waals surface area contributed by atoms with Gasteiger partial charge in [-0.2, -0.15) is 0 Å². The minimum absolute atomic E-state index is 0.459. The van der Waals surface area contributed by atoms with Crippen LogP contribution in [-0.2, 0) is 0 Å². The molecule has 3 heteroatoms. The van der Waals surface area contributed by atoms with Gasteiger partial charge in [-0.1, -0.05) is 36.3 Å². The Bertz CT molecular complexity index is 541. The molecule has 0 atom stereocenters. The second-order valence-electron chi connectivity index (χ2n) is 3.68. The molecule has 0 amide bonds. The second-order valence-corrected chi connectivity index (χ2v) is 3.68. The summed E-state index contributed by atoms with van der Waals surface area (Å²) in [6, 6.07) is 12.0. The van der Waals surface area contributed by atoms with Crippen LogP contribution < -0.4 is 5.32 Å². The summed E-state index contributed by atoms with van der Waals surface area (Å²) in [5.74, 6) is 3.25. The zero-order valence-corrected chi connectivity index (χ0v) is 9.64. The minimum atomic E-state index is 0.459. The number of terminal acetylenes is 1. The first-order valence-corrected chi connectivity index (χ1v) is 5.38. The minimum Gasteiger partial charge on any atom is -0.357 e. The molecule has 1 N–H and O–H groups in total. The summed E-state index contributed by atoms with van der Waals surface area (Å²) >= 11 is 0. The molecule has 1 aromatic heterocycles. The molecule has 0 aliphatic heterocycles. The van der Waals surface area contributed by atoms with Crippen molar-refractivity contribution in [3.63, 3.8) is 0 Å². The van der Waals surface area contributed by atoms with Gasteiger partial charge in [0.2, 0.25) is 0 Å². The number of benzene rings is 1. The smallest absolute Gasteiger partial charge is 0.152 e. The third-order valence-electron chi connectivity index (χ3n) is 2.41. The van der Waals surface area contributed by atoms with Crippen LogP contribution in [0.3, 0.4) is 0 Å². The number of aryl methyl sites for hydroxylation is 1. The fraction of sp³-hybridized carbons (Fsp3) is 0.143.